The third-order valence-electron chi connectivity index (χ3n) is 3.86. The van der Waals surface area contributed by atoms with Crippen LogP contribution in [0.2, 0.25) is 0 Å². The Balaban J connectivity index is 0.00000109. The van der Waals surface area contributed by atoms with Gasteiger partial charge >= 0.3 is 0 Å². The molecule has 0 amide bonds. The Morgan fingerprint density at radius 3 is 1.80 bits per heavy atom. The third-order valence-corrected chi connectivity index (χ3v) is 3.86. The van der Waals surface area contributed by atoms with Gasteiger partial charge in [0.1, 0.15) is 0 Å². The summed E-state index contributed by atoms with van der Waals surface area (Å²) >= 11 is 0. The van der Waals surface area contributed by atoms with Crippen molar-refractivity contribution in [3.63, 3.8) is 0 Å². The zero-order chi connectivity index (χ0) is 18.1. The van der Waals surface area contributed by atoms with Crippen LogP contribution >= 0.6 is 0 Å². The monoisotopic (exact) mass is 326 g/mol. The Morgan fingerprint density at radius 2 is 1.16 bits per heavy atom. The van der Waals surface area contributed by atoms with Crippen LogP contribution in [0.25, 0.3) is 0 Å². The van der Waals surface area contributed by atoms with Crippen molar-refractivity contribution in [1.82, 2.24) is 0 Å². The molecule has 0 atom stereocenters. The summed E-state index contributed by atoms with van der Waals surface area (Å²) in [6.45, 7) is 8.21. The van der Waals surface area contributed by atoms with Crippen molar-refractivity contribution < 1.29 is 0 Å². The fourth-order valence-corrected chi connectivity index (χ4v) is 2.48. The predicted octanol–water partition coefficient (Wildman–Crippen LogP) is 6.32. The molecular weight excluding hydrogens is 300 g/mol. The van der Waals surface area contributed by atoms with E-state index in [2.05, 4.69) is 98.5 Å². The maximum atomic E-state index is 3.27. The third kappa shape index (κ3) is 5.98. The number of rotatable bonds is 2. The van der Waals surface area contributed by atoms with Crippen molar-refractivity contribution in [2.24, 2.45) is 0 Å². The number of benzene rings is 3. The van der Waals surface area contributed by atoms with Crippen LogP contribution in [0.5, 0.6) is 0 Å². The lowest BCUT2D eigenvalue weighted by atomic mass is 10.0. The van der Waals surface area contributed by atoms with Crippen molar-refractivity contribution in [1.29, 1.82) is 0 Å². The van der Waals surface area contributed by atoms with E-state index in [-0.39, 0.29) is 0 Å². The number of hydrogen-bond donors (Lipinski definition) is 0. The van der Waals surface area contributed by atoms with Crippen molar-refractivity contribution in [2.75, 3.05) is 0 Å². The summed E-state index contributed by atoms with van der Waals surface area (Å²) in [4.78, 5) is 0. The molecule has 0 unspecified atom stereocenters. The van der Waals surface area contributed by atoms with Gasteiger partial charge in [0, 0.05) is 11.1 Å². The Labute approximate surface area is 152 Å². The highest BCUT2D eigenvalue weighted by atomic mass is 14.0. The van der Waals surface area contributed by atoms with E-state index in [0.717, 1.165) is 17.5 Å². The highest BCUT2D eigenvalue weighted by Crippen LogP contribution is 2.12. The summed E-state index contributed by atoms with van der Waals surface area (Å²) in [6.07, 6.45) is 0.945. The van der Waals surface area contributed by atoms with Crippen molar-refractivity contribution in [3.05, 3.63) is 106 Å². The van der Waals surface area contributed by atoms with E-state index in [1.54, 1.807) is 0 Å². The number of hydrogen-bond acceptors (Lipinski definition) is 0. The van der Waals surface area contributed by atoms with E-state index in [1.165, 1.54) is 22.3 Å². The second kappa shape index (κ2) is 9.50. The van der Waals surface area contributed by atoms with Gasteiger partial charge in [-0.15, -0.1) is 0 Å². The van der Waals surface area contributed by atoms with Crippen LogP contribution in [0.1, 0.15) is 47.2 Å². The second-order valence-electron chi connectivity index (χ2n) is 5.98. The smallest absolute Gasteiger partial charge is 0.0251 e. The predicted molar refractivity (Wildman–Crippen MR) is 109 cm³/mol. The molecule has 0 heteroatoms. The van der Waals surface area contributed by atoms with E-state index in [1.807, 2.05) is 13.8 Å². The molecule has 0 saturated carbocycles. The van der Waals surface area contributed by atoms with Gasteiger partial charge in [-0.2, -0.15) is 0 Å². The van der Waals surface area contributed by atoms with Gasteiger partial charge in [0.25, 0.3) is 0 Å². The van der Waals surface area contributed by atoms with Crippen LogP contribution < -0.4 is 0 Å². The average Bonchev–Trinajstić information content (AvgIpc) is 2.65. The molecule has 0 spiro atoms. The van der Waals surface area contributed by atoms with E-state index in [4.69, 9.17) is 0 Å². The Kier molecular flexibility index (Phi) is 7.05. The molecule has 0 saturated heterocycles. The highest BCUT2D eigenvalue weighted by molar-refractivity contribution is 5.45. The van der Waals surface area contributed by atoms with E-state index in [0.29, 0.717) is 0 Å². The first kappa shape index (κ1) is 18.6. The maximum Gasteiger partial charge on any atom is 0.0251 e. The minimum atomic E-state index is 0.945. The van der Waals surface area contributed by atoms with Crippen LogP contribution in [-0.4, -0.2) is 0 Å². The minimum absolute atomic E-state index is 0.945. The first-order valence-corrected chi connectivity index (χ1v) is 8.92. The summed E-state index contributed by atoms with van der Waals surface area (Å²) in [5.74, 6) is 6.50. The molecule has 3 aromatic carbocycles. The molecule has 0 aliphatic rings. The van der Waals surface area contributed by atoms with Crippen molar-refractivity contribution >= 4 is 0 Å². The maximum absolute atomic E-state index is 3.27. The van der Waals surface area contributed by atoms with Crippen molar-refractivity contribution in [2.45, 2.75) is 34.1 Å². The van der Waals surface area contributed by atoms with E-state index < -0.39 is 0 Å². The second-order valence-corrected chi connectivity index (χ2v) is 5.98. The van der Waals surface area contributed by atoms with Crippen LogP contribution in [0.4, 0.5) is 0 Å². The molecule has 0 nitrogen and oxygen atoms in total. The Bertz CT molecular complexity index is 841. The van der Waals surface area contributed by atoms with E-state index >= 15 is 0 Å². The van der Waals surface area contributed by atoms with Gasteiger partial charge in [-0.1, -0.05) is 85.3 Å². The van der Waals surface area contributed by atoms with Gasteiger partial charge in [0.2, 0.25) is 0 Å². The quantitative estimate of drug-likeness (QED) is 0.483. The molecule has 0 heterocycles. The Morgan fingerprint density at radius 1 is 0.600 bits per heavy atom. The molecule has 0 aromatic heterocycles. The molecule has 0 N–H and O–H groups in total. The fraction of sp³-hybridized carbons (Fsp3) is 0.200. The van der Waals surface area contributed by atoms with Crippen LogP contribution in [0, 0.1) is 25.7 Å². The number of aryl methyl sites for hydroxylation is 2. The summed E-state index contributed by atoms with van der Waals surface area (Å²) in [6, 6.07) is 25.5. The molecule has 3 rings (SSSR count). The molecule has 0 fully saturated rings. The van der Waals surface area contributed by atoms with Gasteiger partial charge in [-0.05, 0) is 55.7 Å². The average molecular weight is 326 g/mol. The summed E-state index contributed by atoms with van der Waals surface area (Å²) in [5, 5.41) is 0. The van der Waals surface area contributed by atoms with E-state index in [9.17, 15) is 0 Å². The fourth-order valence-electron chi connectivity index (χ4n) is 2.48. The van der Waals surface area contributed by atoms with Gasteiger partial charge < -0.3 is 0 Å². The zero-order valence-electron chi connectivity index (χ0n) is 15.6. The van der Waals surface area contributed by atoms with Crippen LogP contribution in [-0.2, 0) is 6.42 Å². The van der Waals surface area contributed by atoms with Crippen molar-refractivity contribution in [3.8, 4) is 11.8 Å². The molecular formula is C25H26. The highest BCUT2D eigenvalue weighted by Gasteiger charge is 1.97. The lowest BCUT2D eigenvalue weighted by molar-refractivity contribution is 1.18. The molecule has 0 aliphatic carbocycles. The molecule has 3 aromatic rings. The molecule has 25 heavy (non-hydrogen) atoms. The molecule has 0 aliphatic heterocycles. The molecule has 0 radical (unpaired) electrons. The molecule has 0 bridgehead atoms. The first-order valence-electron chi connectivity index (χ1n) is 8.92. The first-order chi connectivity index (χ1) is 12.2. The van der Waals surface area contributed by atoms with Gasteiger partial charge in [-0.3, -0.25) is 0 Å². The normalized spacial score (nSPS) is 9.44. The van der Waals surface area contributed by atoms with Gasteiger partial charge in [-0.25, -0.2) is 0 Å². The topological polar surface area (TPSA) is 0 Å². The van der Waals surface area contributed by atoms with Gasteiger partial charge in [0.05, 0.1) is 0 Å². The summed E-state index contributed by atoms with van der Waals surface area (Å²) in [5.41, 5.74) is 7.31. The minimum Gasteiger partial charge on any atom is -0.0683 e. The lowest BCUT2D eigenvalue weighted by Gasteiger charge is -2.03. The Hall–Kier alpha value is -2.78. The van der Waals surface area contributed by atoms with Gasteiger partial charge in [0.15, 0.2) is 0 Å². The van der Waals surface area contributed by atoms with Crippen LogP contribution in [0.3, 0.4) is 0 Å². The lowest BCUT2D eigenvalue weighted by Crippen LogP contribution is -1.89. The molecule has 126 valence electrons. The largest absolute Gasteiger partial charge is 0.0683 e. The SMILES string of the molecule is CC.Cc1ccc(C#Cc2cccc(Cc3ccc(C)cc3)c2)cc1. The zero-order valence-corrected chi connectivity index (χ0v) is 15.6. The standard InChI is InChI=1S/C23H20.C2H6/c1-18-6-10-20(11-7-18)14-15-21-4-3-5-23(16-21)17-22-12-8-19(2)9-13-22;1-2/h3-13,16H,17H2,1-2H3;1-2H3. The van der Waals surface area contributed by atoms with Crippen LogP contribution in [0.15, 0.2) is 72.8 Å². The summed E-state index contributed by atoms with van der Waals surface area (Å²) in [7, 11) is 0. The summed E-state index contributed by atoms with van der Waals surface area (Å²) < 4.78 is 0.